The minimum atomic E-state index is -3.71. The Hall–Kier alpha value is -2.47. The van der Waals surface area contributed by atoms with Crippen molar-refractivity contribution in [3.8, 4) is 11.6 Å². The molecule has 0 amide bonds. The molecule has 10 nitrogen and oxygen atoms in total. The number of likely N-dealkylation sites (tertiary alicyclic amines) is 1. The van der Waals surface area contributed by atoms with E-state index in [1.165, 1.54) is 32.1 Å². The maximum atomic E-state index is 13.9. The smallest absolute Gasteiger partial charge is 0.243 e. The molecular formula is C33H54N6O4S. The van der Waals surface area contributed by atoms with Gasteiger partial charge in [0.25, 0.3) is 0 Å². The van der Waals surface area contributed by atoms with Gasteiger partial charge in [0.1, 0.15) is 12.4 Å². The summed E-state index contributed by atoms with van der Waals surface area (Å²) in [4.78, 5) is 16.6. The number of aromatic nitrogens is 2. The molecule has 0 spiro atoms. The van der Waals surface area contributed by atoms with E-state index in [0.29, 0.717) is 45.7 Å². The van der Waals surface area contributed by atoms with Gasteiger partial charge in [-0.15, -0.1) is 0 Å². The van der Waals surface area contributed by atoms with Gasteiger partial charge in [0.15, 0.2) is 0 Å². The van der Waals surface area contributed by atoms with Gasteiger partial charge < -0.3 is 24.2 Å². The first kappa shape index (κ1) is 34.4. The highest BCUT2D eigenvalue weighted by atomic mass is 32.2. The Bertz CT molecular complexity index is 1310. The minimum Gasteiger partial charge on any atom is -0.497 e. The monoisotopic (exact) mass is 630 g/mol. The maximum absolute atomic E-state index is 13.9. The van der Waals surface area contributed by atoms with Crippen LogP contribution in [-0.2, 0) is 10.0 Å². The predicted molar refractivity (Wildman–Crippen MR) is 176 cm³/mol. The molecule has 0 saturated carbocycles. The number of hydrogen-bond donors (Lipinski definition) is 0. The summed E-state index contributed by atoms with van der Waals surface area (Å²) in [6, 6.07) is 5.05. The van der Waals surface area contributed by atoms with Gasteiger partial charge in [-0.1, -0.05) is 26.2 Å². The van der Waals surface area contributed by atoms with Gasteiger partial charge in [-0.05, 0) is 96.4 Å². The van der Waals surface area contributed by atoms with Crippen LogP contribution in [0, 0.1) is 13.8 Å². The first-order chi connectivity index (χ1) is 21.0. The lowest BCUT2D eigenvalue weighted by molar-refractivity contribution is 0.0484. The Morgan fingerprint density at radius 1 is 1.07 bits per heavy atom. The number of piperidine rings is 2. The van der Waals surface area contributed by atoms with Crippen LogP contribution in [-0.4, -0.2) is 112 Å². The number of hydrogen-bond acceptors (Lipinski definition) is 9. The van der Waals surface area contributed by atoms with Crippen LogP contribution in [0.3, 0.4) is 0 Å². The van der Waals surface area contributed by atoms with Crippen LogP contribution in [0.25, 0.3) is 0 Å². The summed E-state index contributed by atoms with van der Waals surface area (Å²) >= 11 is 0. The van der Waals surface area contributed by atoms with E-state index in [1.807, 2.05) is 20.9 Å². The molecule has 11 heteroatoms. The number of nitrogens with zero attached hydrogens (tertiary/aromatic N) is 6. The molecule has 2 saturated heterocycles. The van der Waals surface area contributed by atoms with Crippen molar-refractivity contribution in [1.82, 2.24) is 24.1 Å². The van der Waals surface area contributed by atoms with Crippen molar-refractivity contribution in [2.24, 2.45) is 0 Å². The molecule has 0 aliphatic carbocycles. The van der Waals surface area contributed by atoms with E-state index in [-0.39, 0.29) is 12.6 Å². The van der Waals surface area contributed by atoms with E-state index in [2.05, 4.69) is 45.7 Å². The van der Waals surface area contributed by atoms with Crippen LogP contribution in [0.15, 0.2) is 29.3 Å². The standard InChI is InChI=1S/C33H54N6O4S/c1-8-9-14-33(36(4)5)15-19-38(20-16-33)22-21-37(6)32-34-17-13-30(35-32)43-25-28-12-10-11-18-39(28)44(40,41)31-26(2)23-29(42-7)24-27(31)3/h13,17,23-24,28H,8-12,14-16,18-22,25H2,1-7H3. The van der Waals surface area contributed by atoms with E-state index in [0.717, 1.165) is 45.4 Å². The van der Waals surface area contributed by atoms with Gasteiger partial charge >= 0.3 is 0 Å². The van der Waals surface area contributed by atoms with Crippen LogP contribution in [0.1, 0.15) is 69.4 Å². The number of benzene rings is 1. The second-order valence-corrected chi connectivity index (χ2v) is 14.7. The van der Waals surface area contributed by atoms with Crippen LogP contribution in [0.4, 0.5) is 5.95 Å². The van der Waals surface area contributed by atoms with Gasteiger partial charge in [0.05, 0.1) is 18.0 Å². The fourth-order valence-electron chi connectivity index (χ4n) is 6.80. The summed E-state index contributed by atoms with van der Waals surface area (Å²) in [6.07, 6.45) is 10.5. The van der Waals surface area contributed by atoms with Crippen molar-refractivity contribution in [3.05, 3.63) is 35.5 Å². The van der Waals surface area contributed by atoms with Gasteiger partial charge in [-0.25, -0.2) is 13.4 Å². The third kappa shape index (κ3) is 8.02. The molecule has 1 atom stereocenters. The molecule has 2 aliphatic rings. The Balaban J connectivity index is 1.35. The van der Waals surface area contributed by atoms with E-state index in [4.69, 9.17) is 9.47 Å². The van der Waals surface area contributed by atoms with Crippen LogP contribution >= 0.6 is 0 Å². The van der Waals surface area contributed by atoms with Crippen molar-refractivity contribution in [3.63, 3.8) is 0 Å². The predicted octanol–water partition coefficient (Wildman–Crippen LogP) is 4.75. The second kappa shape index (κ2) is 15.2. The van der Waals surface area contributed by atoms with E-state index < -0.39 is 10.0 Å². The van der Waals surface area contributed by atoms with Crippen molar-refractivity contribution in [2.75, 3.05) is 72.5 Å². The molecule has 246 valence electrons. The molecule has 2 fully saturated rings. The lowest BCUT2D eigenvalue weighted by Crippen LogP contribution is -2.53. The summed E-state index contributed by atoms with van der Waals surface area (Å²) in [5.74, 6) is 1.74. The Morgan fingerprint density at radius 2 is 1.77 bits per heavy atom. The summed E-state index contributed by atoms with van der Waals surface area (Å²) < 4.78 is 40.9. The van der Waals surface area contributed by atoms with Crippen molar-refractivity contribution in [1.29, 1.82) is 0 Å². The van der Waals surface area contributed by atoms with Crippen LogP contribution < -0.4 is 14.4 Å². The summed E-state index contributed by atoms with van der Waals surface area (Å²) in [5, 5.41) is 0. The number of aryl methyl sites for hydroxylation is 2. The normalized spacial score (nSPS) is 19.7. The highest BCUT2D eigenvalue weighted by molar-refractivity contribution is 7.89. The van der Waals surface area contributed by atoms with E-state index in [9.17, 15) is 8.42 Å². The molecule has 0 N–H and O–H groups in total. The fraction of sp³-hybridized carbons (Fsp3) is 0.697. The van der Waals surface area contributed by atoms with Crippen molar-refractivity contribution < 1.29 is 17.9 Å². The maximum Gasteiger partial charge on any atom is 0.243 e. The molecule has 4 rings (SSSR count). The van der Waals surface area contributed by atoms with Gasteiger partial charge in [-0.3, -0.25) is 0 Å². The summed E-state index contributed by atoms with van der Waals surface area (Å²) in [6.45, 7) is 10.6. The molecular weight excluding hydrogens is 576 g/mol. The highest BCUT2D eigenvalue weighted by Crippen LogP contribution is 2.33. The third-order valence-electron chi connectivity index (χ3n) is 9.67. The Morgan fingerprint density at radius 3 is 2.41 bits per heavy atom. The molecule has 2 aliphatic heterocycles. The average Bonchev–Trinajstić information content (AvgIpc) is 3.01. The average molecular weight is 631 g/mol. The SMILES string of the molecule is CCCCC1(N(C)C)CCN(CCN(C)c2nccc(OCC3CCCCN3S(=O)(=O)c3c(C)cc(OC)cc3C)n2)CC1. The molecule has 0 radical (unpaired) electrons. The van der Waals surface area contributed by atoms with Crippen molar-refractivity contribution in [2.45, 2.75) is 88.6 Å². The van der Waals surface area contributed by atoms with Gasteiger partial charge in [0, 0.05) is 44.5 Å². The molecule has 3 heterocycles. The third-order valence-corrected chi connectivity index (χ3v) is 11.9. The van der Waals surface area contributed by atoms with Gasteiger partial charge in [-0.2, -0.15) is 9.29 Å². The summed E-state index contributed by atoms with van der Waals surface area (Å²) in [7, 11) is 4.37. The second-order valence-electron chi connectivity index (χ2n) is 12.8. The van der Waals surface area contributed by atoms with Crippen LogP contribution in [0.2, 0.25) is 0 Å². The molecule has 1 unspecified atom stereocenters. The molecule has 0 bridgehead atoms. The Kier molecular flexibility index (Phi) is 11.9. The number of sulfonamides is 1. The zero-order valence-corrected chi connectivity index (χ0v) is 28.8. The van der Waals surface area contributed by atoms with E-state index >= 15 is 0 Å². The first-order valence-corrected chi connectivity index (χ1v) is 17.7. The molecule has 44 heavy (non-hydrogen) atoms. The first-order valence-electron chi connectivity index (χ1n) is 16.2. The number of ether oxygens (including phenoxy) is 2. The molecule has 1 aromatic heterocycles. The Labute approximate surface area is 265 Å². The lowest BCUT2D eigenvalue weighted by atomic mass is 9.82. The minimum absolute atomic E-state index is 0.243. The topological polar surface area (TPSA) is 91.3 Å². The number of rotatable bonds is 14. The number of likely N-dealkylation sites (N-methyl/N-ethyl adjacent to an activating group) is 1. The zero-order valence-electron chi connectivity index (χ0n) is 28.0. The molecule has 2 aromatic rings. The number of unbranched alkanes of at least 4 members (excludes halogenated alkanes) is 1. The largest absolute Gasteiger partial charge is 0.497 e. The summed E-state index contributed by atoms with van der Waals surface area (Å²) in [5.41, 5.74) is 1.70. The van der Waals surface area contributed by atoms with Crippen LogP contribution in [0.5, 0.6) is 11.6 Å². The number of methoxy groups -OCH3 is 1. The highest BCUT2D eigenvalue weighted by Gasteiger charge is 2.37. The zero-order chi connectivity index (χ0) is 31.9. The quantitative estimate of drug-likeness (QED) is 0.293. The molecule has 1 aromatic carbocycles. The van der Waals surface area contributed by atoms with E-state index in [1.54, 1.807) is 35.8 Å². The fourth-order valence-corrected chi connectivity index (χ4v) is 8.89. The van der Waals surface area contributed by atoms with Crippen molar-refractivity contribution >= 4 is 16.0 Å². The number of anilines is 1. The van der Waals surface area contributed by atoms with Gasteiger partial charge in [0.2, 0.25) is 21.9 Å². The lowest BCUT2D eigenvalue weighted by Gasteiger charge is -2.46.